The van der Waals surface area contributed by atoms with E-state index in [9.17, 15) is 4.79 Å². The summed E-state index contributed by atoms with van der Waals surface area (Å²) in [7, 11) is 3.20. The van der Waals surface area contributed by atoms with Crippen LogP contribution in [0.5, 0.6) is 5.75 Å². The average Bonchev–Trinajstić information content (AvgIpc) is 2.37. The van der Waals surface area contributed by atoms with Gasteiger partial charge in [0, 0.05) is 18.7 Å². The molecule has 1 aromatic carbocycles. The Bertz CT molecular complexity index is 495. The number of methoxy groups -OCH3 is 1. The molecule has 0 radical (unpaired) electrons. The van der Waals surface area contributed by atoms with E-state index in [1.54, 1.807) is 26.3 Å². The van der Waals surface area contributed by atoms with Gasteiger partial charge in [0.2, 0.25) is 0 Å². The molecule has 0 atom stereocenters. The molecule has 0 spiro atoms. The summed E-state index contributed by atoms with van der Waals surface area (Å²) in [4.78, 5) is 12.7. The zero-order chi connectivity index (χ0) is 13.7. The van der Waals surface area contributed by atoms with Crippen molar-refractivity contribution in [3.8, 4) is 5.75 Å². The van der Waals surface area contributed by atoms with Gasteiger partial charge in [-0.1, -0.05) is 18.7 Å². The van der Waals surface area contributed by atoms with Crippen LogP contribution in [-0.4, -0.2) is 19.5 Å². The minimum Gasteiger partial charge on any atom is -0.497 e. The van der Waals surface area contributed by atoms with E-state index in [1.165, 1.54) is 4.90 Å². The molecule has 0 heterocycles. The van der Waals surface area contributed by atoms with E-state index in [-0.39, 0.29) is 0 Å². The van der Waals surface area contributed by atoms with E-state index in [4.69, 9.17) is 16.3 Å². The van der Waals surface area contributed by atoms with Gasteiger partial charge < -0.3 is 9.64 Å². The number of amides is 1. The van der Waals surface area contributed by atoms with E-state index < -0.39 is 5.37 Å². The number of hydrogen-bond donors (Lipinski definition) is 0. The van der Waals surface area contributed by atoms with Crippen LogP contribution in [0.1, 0.15) is 12.5 Å². The predicted molar refractivity (Wildman–Crippen MR) is 76.5 cm³/mol. The van der Waals surface area contributed by atoms with Gasteiger partial charge in [-0.05, 0) is 36.2 Å². The van der Waals surface area contributed by atoms with Gasteiger partial charge in [-0.2, -0.15) is 0 Å². The first-order valence-corrected chi connectivity index (χ1v) is 5.80. The molecule has 18 heavy (non-hydrogen) atoms. The fourth-order valence-electron chi connectivity index (χ4n) is 1.61. The lowest BCUT2D eigenvalue weighted by atomic mass is 10.0. The quantitative estimate of drug-likeness (QED) is 0.466. The number of halogens is 1. The Labute approximate surface area is 112 Å². The third-order valence-electron chi connectivity index (χ3n) is 2.62. The fourth-order valence-corrected chi connectivity index (χ4v) is 1.70. The average molecular weight is 266 g/mol. The summed E-state index contributed by atoms with van der Waals surface area (Å²) in [6, 6.07) is 5.50. The lowest BCUT2D eigenvalue weighted by Crippen LogP contribution is -2.20. The van der Waals surface area contributed by atoms with Gasteiger partial charge in [0.05, 0.1) is 12.8 Å². The molecular weight excluding hydrogens is 250 g/mol. The van der Waals surface area contributed by atoms with E-state index >= 15 is 0 Å². The molecule has 0 fully saturated rings. The molecule has 0 saturated carbocycles. The number of carbonyl (C=O) groups excluding carboxylic acids is 1. The summed E-state index contributed by atoms with van der Waals surface area (Å²) in [5.74, 6) is 0.671. The normalized spacial score (nSPS) is 11.0. The SMILES string of the molecule is C=C/C=C(\C)c1ccc(OC)cc1N(C)C(=O)Cl. The maximum atomic E-state index is 11.3. The maximum absolute atomic E-state index is 11.3. The van der Waals surface area contributed by atoms with Crippen molar-refractivity contribution in [2.24, 2.45) is 0 Å². The summed E-state index contributed by atoms with van der Waals surface area (Å²) in [5.41, 5.74) is 2.60. The lowest BCUT2D eigenvalue weighted by Gasteiger charge is -2.19. The van der Waals surface area contributed by atoms with Crippen molar-refractivity contribution in [3.05, 3.63) is 42.5 Å². The molecule has 0 aliphatic carbocycles. The van der Waals surface area contributed by atoms with Crippen molar-refractivity contribution >= 4 is 28.2 Å². The molecule has 1 amide bonds. The molecule has 1 rings (SSSR count). The molecule has 0 aliphatic heterocycles. The fraction of sp³-hybridized carbons (Fsp3) is 0.214. The zero-order valence-electron chi connectivity index (χ0n) is 10.7. The Morgan fingerprint density at radius 3 is 2.67 bits per heavy atom. The van der Waals surface area contributed by atoms with Crippen LogP contribution in [0, 0.1) is 0 Å². The highest BCUT2D eigenvalue weighted by molar-refractivity contribution is 6.66. The highest BCUT2D eigenvalue weighted by Crippen LogP contribution is 2.31. The van der Waals surface area contributed by atoms with E-state index in [0.717, 1.165) is 11.1 Å². The zero-order valence-corrected chi connectivity index (χ0v) is 11.5. The minimum atomic E-state index is -0.545. The Morgan fingerprint density at radius 2 is 2.17 bits per heavy atom. The van der Waals surface area contributed by atoms with Gasteiger partial charge in [-0.25, -0.2) is 0 Å². The Morgan fingerprint density at radius 1 is 1.50 bits per heavy atom. The van der Waals surface area contributed by atoms with Crippen molar-refractivity contribution in [2.75, 3.05) is 19.1 Å². The predicted octanol–water partition coefficient (Wildman–Crippen LogP) is 4.08. The Balaban J connectivity index is 3.37. The summed E-state index contributed by atoms with van der Waals surface area (Å²) >= 11 is 5.52. The third-order valence-corrected chi connectivity index (χ3v) is 2.88. The first-order valence-electron chi connectivity index (χ1n) is 5.42. The number of anilines is 1. The van der Waals surface area contributed by atoms with Crippen LogP contribution in [0.2, 0.25) is 0 Å². The number of allylic oxidation sites excluding steroid dienone is 3. The summed E-state index contributed by atoms with van der Waals surface area (Å²) < 4.78 is 5.16. The van der Waals surface area contributed by atoms with Crippen LogP contribution in [0.3, 0.4) is 0 Å². The monoisotopic (exact) mass is 265 g/mol. The molecule has 0 unspecified atom stereocenters. The smallest absolute Gasteiger partial charge is 0.320 e. The van der Waals surface area contributed by atoms with E-state index in [2.05, 4.69) is 6.58 Å². The molecular formula is C14H16ClNO2. The highest BCUT2D eigenvalue weighted by Gasteiger charge is 2.14. The van der Waals surface area contributed by atoms with E-state index in [0.29, 0.717) is 11.4 Å². The Kier molecular flexibility index (Phi) is 4.98. The van der Waals surface area contributed by atoms with E-state index in [1.807, 2.05) is 25.1 Å². The van der Waals surface area contributed by atoms with Crippen LogP contribution < -0.4 is 9.64 Å². The van der Waals surface area contributed by atoms with Crippen molar-refractivity contribution in [1.29, 1.82) is 0 Å². The highest BCUT2D eigenvalue weighted by atomic mass is 35.5. The third kappa shape index (κ3) is 3.14. The van der Waals surface area contributed by atoms with Gasteiger partial charge >= 0.3 is 5.37 Å². The topological polar surface area (TPSA) is 29.5 Å². The number of benzene rings is 1. The second-order valence-corrected chi connectivity index (χ2v) is 4.10. The number of rotatable bonds is 4. The van der Waals surface area contributed by atoms with Crippen LogP contribution in [-0.2, 0) is 0 Å². The van der Waals surface area contributed by atoms with Crippen LogP contribution >= 0.6 is 11.6 Å². The van der Waals surface area contributed by atoms with Crippen LogP contribution in [0.25, 0.3) is 5.57 Å². The van der Waals surface area contributed by atoms with Crippen molar-refractivity contribution in [3.63, 3.8) is 0 Å². The first-order chi connectivity index (χ1) is 8.51. The van der Waals surface area contributed by atoms with Gasteiger partial charge in [0.25, 0.3) is 0 Å². The summed E-state index contributed by atoms with van der Waals surface area (Å²) in [6.07, 6.45) is 3.57. The molecule has 4 heteroatoms. The maximum Gasteiger partial charge on any atom is 0.320 e. The number of ether oxygens (including phenoxy) is 1. The molecule has 0 aliphatic rings. The number of nitrogens with zero attached hydrogens (tertiary/aromatic N) is 1. The molecule has 0 aromatic heterocycles. The largest absolute Gasteiger partial charge is 0.497 e. The second-order valence-electron chi connectivity index (χ2n) is 3.78. The van der Waals surface area contributed by atoms with Gasteiger partial charge in [0.15, 0.2) is 0 Å². The molecule has 0 bridgehead atoms. The lowest BCUT2D eigenvalue weighted by molar-refractivity contribution is 0.265. The molecule has 1 aromatic rings. The minimum absolute atomic E-state index is 0.545. The molecule has 3 nitrogen and oxygen atoms in total. The van der Waals surface area contributed by atoms with Crippen LogP contribution in [0.15, 0.2) is 36.9 Å². The number of hydrogen-bond acceptors (Lipinski definition) is 2. The standard InChI is InChI=1S/C14H16ClNO2/c1-5-6-10(2)12-8-7-11(18-4)9-13(12)16(3)14(15)17/h5-9H,1H2,2-4H3/b10-6+. The molecule has 0 N–H and O–H groups in total. The van der Waals surface area contributed by atoms with Crippen molar-refractivity contribution in [2.45, 2.75) is 6.92 Å². The van der Waals surface area contributed by atoms with Crippen molar-refractivity contribution < 1.29 is 9.53 Å². The summed E-state index contributed by atoms with van der Waals surface area (Å²) in [5, 5.41) is -0.545. The van der Waals surface area contributed by atoms with Gasteiger partial charge in [0.1, 0.15) is 5.75 Å². The Hall–Kier alpha value is -1.74. The second kappa shape index (κ2) is 6.26. The van der Waals surface area contributed by atoms with Crippen LogP contribution in [0.4, 0.5) is 10.5 Å². The molecule has 96 valence electrons. The molecule has 0 saturated heterocycles. The first kappa shape index (κ1) is 14.3. The van der Waals surface area contributed by atoms with Crippen molar-refractivity contribution in [1.82, 2.24) is 0 Å². The van der Waals surface area contributed by atoms with Gasteiger partial charge in [-0.15, -0.1) is 0 Å². The summed E-state index contributed by atoms with van der Waals surface area (Å²) in [6.45, 7) is 5.61. The number of carbonyl (C=O) groups is 1. The van der Waals surface area contributed by atoms with Gasteiger partial charge in [-0.3, -0.25) is 4.79 Å².